The second-order valence-electron chi connectivity index (χ2n) is 3.36. The largest absolute Gasteiger partial charge is 0.330 e. The Labute approximate surface area is 83.6 Å². The highest BCUT2D eigenvalue weighted by atomic mass is 15.0. The number of nitrogens with two attached hydrogens (primary N) is 1. The van der Waals surface area contributed by atoms with Crippen LogP contribution >= 0.6 is 0 Å². The van der Waals surface area contributed by atoms with Gasteiger partial charge in [-0.1, -0.05) is 13.0 Å². The van der Waals surface area contributed by atoms with E-state index in [1.165, 1.54) is 11.1 Å². The molecule has 2 aromatic rings. The lowest BCUT2D eigenvalue weighted by molar-refractivity contribution is 0.919. The number of hydrogen-bond donors (Lipinski definition) is 1. The van der Waals surface area contributed by atoms with Crippen molar-refractivity contribution in [3.63, 3.8) is 0 Å². The molecule has 0 aromatic carbocycles. The first-order valence-corrected chi connectivity index (χ1v) is 5.00. The third-order valence-corrected chi connectivity index (χ3v) is 2.46. The average Bonchev–Trinajstić information content (AvgIpc) is 2.62. The first-order valence-electron chi connectivity index (χ1n) is 5.00. The van der Waals surface area contributed by atoms with Gasteiger partial charge in [0, 0.05) is 12.6 Å². The molecule has 3 nitrogen and oxygen atoms in total. The minimum absolute atomic E-state index is 0.687. The Balaban J connectivity index is 2.58. The van der Waals surface area contributed by atoms with E-state index < -0.39 is 0 Å². The predicted molar refractivity (Wildman–Crippen MR) is 57.3 cm³/mol. The van der Waals surface area contributed by atoms with Crippen LogP contribution in [0.25, 0.3) is 5.52 Å². The van der Waals surface area contributed by atoms with Crippen LogP contribution in [0, 0.1) is 0 Å². The van der Waals surface area contributed by atoms with Crippen molar-refractivity contribution >= 4 is 5.52 Å². The zero-order chi connectivity index (χ0) is 9.97. The van der Waals surface area contributed by atoms with E-state index in [0.717, 1.165) is 18.7 Å². The maximum Gasteiger partial charge on any atom is 0.112 e. The molecule has 0 saturated heterocycles. The van der Waals surface area contributed by atoms with Crippen LogP contribution in [-0.4, -0.2) is 15.9 Å². The molecule has 0 saturated carbocycles. The third-order valence-electron chi connectivity index (χ3n) is 2.46. The molecule has 0 aliphatic heterocycles. The number of aromatic nitrogens is 2. The molecule has 0 spiro atoms. The second-order valence-corrected chi connectivity index (χ2v) is 3.36. The number of pyridine rings is 1. The molecule has 0 radical (unpaired) electrons. The lowest BCUT2D eigenvalue weighted by atomic mass is 10.2. The normalized spacial score (nSPS) is 11.0. The monoisotopic (exact) mass is 189 g/mol. The molecule has 2 N–H and O–H groups in total. The Kier molecular flexibility index (Phi) is 2.50. The Morgan fingerprint density at radius 3 is 3.07 bits per heavy atom. The van der Waals surface area contributed by atoms with Crippen LogP contribution in [0.3, 0.4) is 0 Å². The molecule has 0 bridgehead atoms. The van der Waals surface area contributed by atoms with Crippen molar-refractivity contribution in [2.75, 3.05) is 6.54 Å². The van der Waals surface area contributed by atoms with Crippen molar-refractivity contribution in [2.45, 2.75) is 19.8 Å². The summed E-state index contributed by atoms with van der Waals surface area (Å²) in [5, 5.41) is 0. The molecule has 3 heteroatoms. The summed E-state index contributed by atoms with van der Waals surface area (Å²) in [6.45, 7) is 2.80. The van der Waals surface area contributed by atoms with Gasteiger partial charge in [0.25, 0.3) is 0 Å². The van der Waals surface area contributed by atoms with E-state index in [1.54, 1.807) is 0 Å². The fourth-order valence-electron chi connectivity index (χ4n) is 1.76. The fraction of sp³-hybridized carbons (Fsp3) is 0.364. The topological polar surface area (TPSA) is 43.3 Å². The molecule has 2 heterocycles. The van der Waals surface area contributed by atoms with Gasteiger partial charge in [0.15, 0.2) is 0 Å². The number of aryl methyl sites for hydroxylation is 1. The Morgan fingerprint density at radius 1 is 1.50 bits per heavy atom. The van der Waals surface area contributed by atoms with E-state index in [1.807, 2.05) is 6.20 Å². The zero-order valence-electron chi connectivity index (χ0n) is 8.40. The number of nitrogens with zero attached hydrogens (tertiary/aromatic N) is 2. The summed E-state index contributed by atoms with van der Waals surface area (Å²) >= 11 is 0. The summed E-state index contributed by atoms with van der Waals surface area (Å²) in [4.78, 5) is 4.38. The molecule has 74 valence electrons. The van der Waals surface area contributed by atoms with Crippen LogP contribution in [0.4, 0.5) is 0 Å². The third kappa shape index (κ3) is 1.40. The van der Waals surface area contributed by atoms with Gasteiger partial charge in [-0.25, -0.2) is 4.98 Å². The van der Waals surface area contributed by atoms with E-state index in [0.29, 0.717) is 6.54 Å². The molecule has 0 fully saturated rings. The Bertz CT molecular complexity index is 431. The molecule has 0 aliphatic carbocycles. The highest BCUT2D eigenvalue weighted by Crippen LogP contribution is 2.13. The Morgan fingerprint density at radius 2 is 2.36 bits per heavy atom. The van der Waals surface area contributed by atoms with Gasteiger partial charge in [-0.15, -0.1) is 0 Å². The molecule has 2 rings (SSSR count). The van der Waals surface area contributed by atoms with Crippen molar-refractivity contribution in [2.24, 2.45) is 5.73 Å². The van der Waals surface area contributed by atoms with E-state index in [-0.39, 0.29) is 0 Å². The van der Waals surface area contributed by atoms with Gasteiger partial charge < -0.3 is 10.1 Å². The van der Waals surface area contributed by atoms with Gasteiger partial charge in [-0.3, -0.25) is 0 Å². The van der Waals surface area contributed by atoms with Crippen LogP contribution in [0.2, 0.25) is 0 Å². The lowest BCUT2D eigenvalue weighted by Gasteiger charge is -2.03. The first kappa shape index (κ1) is 9.21. The van der Waals surface area contributed by atoms with Crippen LogP contribution in [0.15, 0.2) is 24.5 Å². The predicted octanol–water partition coefficient (Wildman–Crippen LogP) is 1.40. The zero-order valence-corrected chi connectivity index (χ0v) is 8.40. The van der Waals surface area contributed by atoms with E-state index in [9.17, 15) is 0 Å². The summed E-state index contributed by atoms with van der Waals surface area (Å²) in [7, 11) is 0. The molecule has 0 unspecified atom stereocenters. The van der Waals surface area contributed by atoms with Crippen molar-refractivity contribution in [3.05, 3.63) is 35.9 Å². The molecule has 0 atom stereocenters. The highest BCUT2D eigenvalue weighted by Gasteiger charge is 2.04. The van der Waals surface area contributed by atoms with Crippen molar-refractivity contribution in [1.82, 2.24) is 9.38 Å². The lowest BCUT2D eigenvalue weighted by Crippen LogP contribution is -2.04. The van der Waals surface area contributed by atoms with Crippen molar-refractivity contribution in [3.8, 4) is 0 Å². The number of rotatable bonds is 3. The quantitative estimate of drug-likeness (QED) is 0.793. The van der Waals surface area contributed by atoms with Gasteiger partial charge in [-0.05, 0) is 24.6 Å². The average molecular weight is 189 g/mol. The van der Waals surface area contributed by atoms with Gasteiger partial charge in [0.1, 0.15) is 5.82 Å². The van der Waals surface area contributed by atoms with Crippen LogP contribution < -0.4 is 5.73 Å². The second kappa shape index (κ2) is 3.80. The minimum Gasteiger partial charge on any atom is -0.330 e. The SMILES string of the molecule is CCc1ncc2c(CCN)cccn12. The minimum atomic E-state index is 0.687. The standard InChI is InChI=1S/C11H15N3/c1-2-11-13-8-10-9(5-6-12)4-3-7-14(10)11/h3-4,7-8H,2,5-6,12H2,1H3. The molecule has 0 amide bonds. The smallest absolute Gasteiger partial charge is 0.112 e. The van der Waals surface area contributed by atoms with Crippen LogP contribution in [0.5, 0.6) is 0 Å². The number of imidazole rings is 1. The summed E-state index contributed by atoms with van der Waals surface area (Å²) in [6, 6.07) is 4.17. The highest BCUT2D eigenvalue weighted by molar-refractivity contribution is 5.54. The maximum absolute atomic E-state index is 5.56. The van der Waals surface area contributed by atoms with Gasteiger partial charge >= 0.3 is 0 Å². The van der Waals surface area contributed by atoms with E-state index >= 15 is 0 Å². The van der Waals surface area contributed by atoms with Crippen LogP contribution in [-0.2, 0) is 12.8 Å². The van der Waals surface area contributed by atoms with Crippen LogP contribution in [0.1, 0.15) is 18.3 Å². The molecular weight excluding hydrogens is 174 g/mol. The van der Waals surface area contributed by atoms with Gasteiger partial charge in [-0.2, -0.15) is 0 Å². The van der Waals surface area contributed by atoms with Crippen molar-refractivity contribution in [1.29, 1.82) is 0 Å². The van der Waals surface area contributed by atoms with Gasteiger partial charge in [0.05, 0.1) is 11.7 Å². The maximum atomic E-state index is 5.56. The summed E-state index contributed by atoms with van der Waals surface area (Å²) in [6.07, 6.45) is 5.87. The fourth-order valence-corrected chi connectivity index (χ4v) is 1.76. The van der Waals surface area contributed by atoms with Crippen molar-refractivity contribution < 1.29 is 0 Å². The molecular formula is C11H15N3. The molecule has 0 aliphatic rings. The summed E-state index contributed by atoms with van der Waals surface area (Å²) < 4.78 is 2.14. The number of fused-ring (bicyclic) bond motifs is 1. The molecule has 14 heavy (non-hydrogen) atoms. The molecule has 2 aromatic heterocycles. The first-order chi connectivity index (χ1) is 6.86. The van der Waals surface area contributed by atoms with E-state index in [2.05, 4.69) is 34.6 Å². The van der Waals surface area contributed by atoms with E-state index in [4.69, 9.17) is 5.73 Å². The van der Waals surface area contributed by atoms with Gasteiger partial charge in [0.2, 0.25) is 0 Å². The number of hydrogen-bond acceptors (Lipinski definition) is 2. The summed E-state index contributed by atoms with van der Waals surface area (Å²) in [5.74, 6) is 1.11. The Hall–Kier alpha value is -1.35. The summed E-state index contributed by atoms with van der Waals surface area (Å²) in [5.41, 5.74) is 8.03.